The minimum Gasteiger partial charge on any atom is -0.494 e. The zero-order valence-electron chi connectivity index (χ0n) is 31.0. The summed E-state index contributed by atoms with van der Waals surface area (Å²) < 4.78 is 13.7. The lowest BCUT2D eigenvalue weighted by Crippen LogP contribution is -2.48. The minimum atomic E-state index is -1.26. The first-order chi connectivity index (χ1) is 26.8. The van der Waals surface area contributed by atoms with Gasteiger partial charge in [0.15, 0.2) is 0 Å². The Bertz CT molecular complexity index is 2200. The molecule has 1 fully saturated rings. The Labute approximate surface area is 333 Å². The molecule has 3 aromatic carbocycles. The topological polar surface area (TPSA) is 155 Å². The lowest BCUT2D eigenvalue weighted by molar-refractivity contribution is -0.134. The van der Waals surface area contributed by atoms with Gasteiger partial charge in [0.25, 0.3) is 11.8 Å². The third-order valence-corrected chi connectivity index (χ3v) is 9.60. The summed E-state index contributed by atoms with van der Waals surface area (Å²) >= 11 is 12.1. The van der Waals surface area contributed by atoms with Gasteiger partial charge in [-0.3, -0.25) is 14.5 Å². The molecule has 1 aliphatic rings. The van der Waals surface area contributed by atoms with E-state index in [4.69, 9.17) is 42.9 Å². The number of carboxylic acid groups (broad SMARTS) is 2. The number of benzene rings is 3. The first kappa shape index (κ1) is 41.3. The molecule has 292 valence electrons. The number of aromatic nitrogens is 2. The Morgan fingerprint density at radius 1 is 0.839 bits per heavy atom. The number of hydrogen-bond acceptors (Lipinski definition) is 8. The van der Waals surface area contributed by atoms with Gasteiger partial charge in [-0.05, 0) is 72.6 Å². The molecular formula is C41H41Cl2N5O8. The van der Waals surface area contributed by atoms with Crippen molar-refractivity contribution in [2.75, 3.05) is 44.7 Å². The number of halogens is 2. The van der Waals surface area contributed by atoms with Crippen LogP contribution in [-0.4, -0.2) is 93.2 Å². The number of ether oxygens (including phenoxy) is 2. The second kappa shape index (κ2) is 19.1. The molecule has 1 aliphatic heterocycles. The van der Waals surface area contributed by atoms with Gasteiger partial charge >= 0.3 is 11.9 Å². The van der Waals surface area contributed by atoms with Gasteiger partial charge in [0.05, 0.1) is 28.5 Å². The monoisotopic (exact) mass is 801 g/mol. The Morgan fingerprint density at radius 3 is 2.12 bits per heavy atom. The molecule has 56 heavy (non-hydrogen) atoms. The molecule has 0 spiro atoms. The van der Waals surface area contributed by atoms with E-state index in [0.717, 1.165) is 49.3 Å². The molecule has 0 unspecified atom stereocenters. The van der Waals surface area contributed by atoms with Crippen LogP contribution in [0.25, 0.3) is 10.9 Å². The SMILES string of the molecule is CCCOc1ccc(CN2CCN(C(=O)c3cc4cc(Oc5ccc(N(C)C(=O)c6ccc(Cl)c(Cl)c6)cn5)ccc4n3C)CC2)cc1.O=C(O)C=CC(=O)O. The molecule has 3 heterocycles. The molecule has 1 saturated heterocycles. The van der Waals surface area contributed by atoms with Gasteiger partial charge in [-0.15, -0.1) is 0 Å². The van der Waals surface area contributed by atoms with Gasteiger partial charge in [0, 0.05) is 81.5 Å². The average molecular weight is 803 g/mol. The molecular weight excluding hydrogens is 761 g/mol. The van der Waals surface area contributed by atoms with Crippen LogP contribution in [0.2, 0.25) is 10.0 Å². The maximum atomic E-state index is 13.6. The number of aryl methyl sites for hydroxylation is 1. The summed E-state index contributed by atoms with van der Waals surface area (Å²) in [7, 11) is 3.57. The van der Waals surface area contributed by atoms with Crippen LogP contribution < -0.4 is 14.4 Å². The number of anilines is 1. The number of amides is 2. The van der Waals surface area contributed by atoms with E-state index in [1.165, 1.54) is 10.5 Å². The average Bonchev–Trinajstić information content (AvgIpc) is 3.52. The van der Waals surface area contributed by atoms with Crippen molar-refractivity contribution in [1.82, 2.24) is 19.4 Å². The highest BCUT2D eigenvalue weighted by Gasteiger charge is 2.25. The maximum Gasteiger partial charge on any atom is 0.328 e. The molecule has 0 radical (unpaired) electrons. The van der Waals surface area contributed by atoms with Crippen molar-refractivity contribution >= 4 is 63.5 Å². The van der Waals surface area contributed by atoms with E-state index in [-0.39, 0.29) is 11.8 Å². The smallest absolute Gasteiger partial charge is 0.328 e. The van der Waals surface area contributed by atoms with E-state index in [1.54, 1.807) is 43.6 Å². The number of carbonyl (C=O) groups excluding carboxylic acids is 2. The summed E-state index contributed by atoms with van der Waals surface area (Å²) in [6, 6.07) is 24.1. The number of hydrogen-bond donors (Lipinski definition) is 2. The minimum absolute atomic E-state index is 0.0186. The van der Waals surface area contributed by atoms with Crippen molar-refractivity contribution in [3.05, 3.63) is 124 Å². The lowest BCUT2D eigenvalue weighted by atomic mass is 10.2. The number of nitrogens with zero attached hydrogens (tertiary/aromatic N) is 5. The van der Waals surface area contributed by atoms with Crippen molar-refractivity contribution in [3.8, 4) is 17.4 Å². The van der Waals surface area contributed by atoms with Crippen LogP contribution >= 0.6 is 23.2 Å². The molecule has 2 N–H and O–H groups in total. The Balaban J connectivity index is 0.000000677. The fraction of sp³-hybridized carbons (Fsp3) is 0.244. The van der Waals surface area contributed by atoms with Gasteiger partial charge in [0.2, 0.25) is 5.88 Å². The number of aliphatic carboxylic acids is 2. The van der Waals surface area contributed by atoms with Crippen molar-refractivity contribution < 1.29 is 38.9 Å². The maximum absolute atomic E-state index is 13.6. The molecule has 0 aliphatic carbocycles. The van der Waals surface area contributed by atoms with Crippen LogP contribution in [-0.2, 0) is 23.2 Å². The lowest BCUT2D eigenvalue weighted by Gasteiger charge is -2.34. The van der Waals surface area contributed by atoms with E-state index in [2.05, 4.69) is 28.9 Å². The molecule has 5 aromatic rings. The third kappa shape index (κ3) is 10.9. The van der Waals surface area contributed by atoms with E-state index in [9.17, 15) is 19.2 Å². The summed E-state index contributed by atoms with van der Waals surface area (Å²) in [6.45, 7) is 6.63. The quantitative estimate of drug-likeness (QED) is 0.122. The van der Waals surface area contributed by atoms with E-state index in [1.807, 2.05) is 52.9 Å². The number of rotatable bonds is 12. The zero-order chi connectivity index (χ0) is 40.4. The number of piperazine rings is 1. The second-order valence-electron chi connectivity index (χ2n) is 12.8. The summed E-state index contributed by atoms with van der Waals surface area (Å²) in [5.41, 5.74) is 3.81. The largest absolute Gasteiger partial charge is 0.494 e. The van der Waals surface area contributed by atoms with Gasteiger partial charge in [-0.2, -0.15) is 0 Å². The summed E-state index contributed by atoms with van der Waals surface area (Å²) in [4.78, 5) is 55.8. The fourth-order valence-electron chi connectivity index (χ4n) is 5.87. The summed E-state index contributed by atoms with van der Waals surface area (Å²) in [5.74, 6) is -0.879. The third-order valence-electron chi connectivity index (χ3n) is 8.87. The molecule has 2 aromatic heterocycles. The van der Waals surface area contributed by atoms with Crippen LogP contribution in [0.5, 0.6) is 17.4 Å². The van der Waals surface area contributed by atoms with Gasteiger partial charge in [-0.1, -0.05) is 42.3 Å². The van der Waals surface area contributed by atoms with Crippen molar-refractivity contribution in [3.63, 3.8) is 0 Å². The molecule has 0 bridgehead atoms. The predicted octanol–water partition coefficient (Wildman–Crippen LogP) is 7.41. The normalized spacial score (nSPS) is 12.9. The van der Waals surface area contributed by atoms with Crippen LogP contribution in [0.4, 0.5) is 5.69 Å². The molecule has 2 amide bonds. The van der Waals surface area contributed by atoms with Crippen molar-refractivity contribution in [2.24, 2.45) is 7.05 Å². The Hall–Kier alpha value is -5.89. The fourth-order valence-corrected chi connectivity index (χ4v) is 6.17. The second-order valence-corrected chi connectivity index (χ2v) is 13.6. The number of carbonyl (C=O) groups is 4. The van der Waals surface area contributed by atoms with Crippen LogP contribution in [0, 0.1) is 0 Å². The van der Waals surface area contributed by atoms with Crippen LogP contribution in [0.1, 0.15) is 39.8 Å². The number of pyridine rings is 1. The molecule has 0 atom stereocenters. The Morgan fingerprint density at radius 2 is 1.52 bits per heavy atom. The molecule has 0 saturated carbocycles. The van der Waals surface area contributed by atoms with E-state index < -0.39 is 11.9 Å². The standard InChI is InChI=1S/C37H37Cl2N5O4.C4H4O4/c1-4-19-47-29-9-5-25(6-10-29)24-43-15-17-44(18-16-43)37(46)34-22-27-20-30(11-13-33(27)42(34)3)48-35-14-8-28(23-40-35)41(2)36(45)26-7-12-31(38)32(39)21-26;5-3(6)1-2-4(7)8/h5-14,20-23H,4,15-19,24H2,1-3H3;1-2H,(H,5,6)(H,7,8). The van der Waals surface area contributed by atoms with Crippen molar-refractivity contribution in [2.45, 2.75) is 19.9 Å². The first-order valence-electron chi connectivity index (χ1n) is 17.7. The zero-order valence-corrected chi connectivity index (χ0v) is 32.5. The molecule has 13 nitrogen and oxygen atoms in total. The Kier molecular flexibility index (Phi) is 14.1. The number of carboxylic acids is 2. The highest BCUT2D eigenvalue weighted by atomic mass is 35.5. The first-order valence-corrected chi connectivity index (χ1v) is 18.4. The highest BCUT2D eigenvalue weighted by molar-refractivity contribution is 6.42. The predicted molar refractivity (Wildman–Crippen MR) is 214 cm³/mol. The van der Waals surface area contributed by atoms with Crippen LogP contribution in [0.3, 0.4) is 0 Å². The van der Waals surface area contributed by atoms with Crippen molar-refractivity contribution in [1.29, 1.82) is 0 Å². The van der Waals surface area contributed by atoms with Gasteiger partial charge in [-0.25, -0.2) is 14.6 Å². The van der Waals surface area contributed by atoms with Gasteiger partial charge in [0.1, 0.15) is 17.2 Å². The summed E-state index contributed by atoms with van der Waals surface area (Å²) in [5, 5.41) is 17.2. The number of fused-ring (bicyclic) bond motifs is 1. The highest BCUT2D eigenvalue weighted by Crippen LogP contribution is 2.29. The molecule has 15 heteroatoms. The molecule has 6 rings (SSSR count). The van der Waals surface area contributed by atoms with Crippen LogP contribution in [0.15, 0.2) is 97.2 Å². The summed E-state index contributed by atoms with van der Waals surface area (Å²) in [6.07, 6.45) is 3.67. The van der Waals surface area contributed by atoms with E-state index in [0.29, 0.717) is 63.9 Å². The van der Waals surface area contributed by atoms with E-state index >= 15 is 0 Å². The van der Waals surface area contributed by atoms with Gasteiger partial charge < -0.3 is 34.1 Å².